The second-order valence-electron chi connectivity index (χ2n) is 11.0. The highest BCUT2D eigenvalue weighted by atomic mass is 32.2. The van der Waals surface area contributed by atoms with Crippen LogP contribution < -0.4 is 20.7 Å². The number of benzene rings is 5. The first-order valence-corrected chi connectivity index (χ1v) is 16.0. The number of hydrogen-bond donors (Lipinski definition) is 4. The summed E-state index contributed by atoms with van der Waals surface area (Å²) in [6.45, 7) is 3.97. The Morgan fingerprint density at radius 1 is 0.792 bits per heavy atom. The lowest BCUT2D eigenvalue weighted by Crippen LogP contribution is -2.30. The first-order valence-electron chi connectivity index (χ1n) is 15.2. The fraction of sp³-hybridized carbons (Fsp3) is 0.103. The largest absolute Gasteiger partial charge is 0.508 e. The van der Waals surface area contributed by atoms with Gasteiger partial charge in [-0.1, -0.05) is 72.3 Å². The molecule has 0 radical (unpaired) electrons. The van der Waals surface area contributed by atoms with Gasteiger partial charge in [-0.15, -0.1) is 11.8 Å². The number of nitrogens with one attached hydrogen (secondary N) is 3. The van der Waals surface area contributed by atoms with E-state index in [2.05, 4.69) is 16.0 Å². The van der Waals surface area contributed by atoms with Gasteiger partial charge in [0.1, 0.15) is 22.4 Å². The summed E-state index contributed by atoms with van der Waals surface area (Å²) in [5, 5.41) is 18.0. The Morgan fingerprint density at radius 3 is 2.23 bits per heavy atom. The maximum atomic E-state index is 13.7. The van der Waals surface area contributed by atoms with Crippen LogP contribution in [-0.4, -0.2) is 29.9 Å². The van der Waals surface area contributed by atoms with Crippen LogP contribution in [0.25, 0.3) is 6.08 Å². The average Bonchev–Trinajstić information content (AvgIpc) is 3.09. The monoisotopic (exact) mass is 657 g/mol. The molecule has 0 spiro atoms. The summed E-state index contributed by atoms with van der Waals surface area (Å²) in [5.41, 5.74) is 4.92. The first-order chi connectivity index (χ1) is 23.2. The molecule has 3 amide bonds. The zero-order valence-corrected chi connectivity index (χ0v) is 27.5. The van der Waals surface area contributed by atoms with E-state index in [1.165, 1.54) is 37.1 Å². The maximum Gasteiger partial charge on any atom is 0.272 e. The predicted molar refractivity (Wildman–Crippen MR) is 191 cm³/mol. The minimum atomic E-state index is -0.583. The van der Waals surface area contributed by atoms with E-state index in [-0.39, 0.29) is 17.4 Å². The van der Waals surface area contributed by atoms with Crippen LogP contribution in [-0.2, 0) is 9.59 Å². The van der Waals surface area contributed by atoms with Gasteiger partial charge in [-0.25, -0.2) is 0 Å². The fourth-order valence-electron chi connectivity index (χ4n) is 4.95. The van der Waals surface area contributed by atoms with E-state index in [9.17, 15) is 19.5 Å². The maximum absolute atomic E-state index is 13.7. The molecule has 0 aliphatic heterocycles. The number of anilines is 2. The summed E-state index contributed by atoms with van der Waals surface area (Å²) < 4.78 is 5.39. The molecule has 0 aliphatic rings. The van der Waals surface area contributed by atoms with E-state index in [4.69, 9.17) is 4.74 Å². The average molecular weight is 658 g/mol. The zero-order valence-electron chi connectivity index (χ0n) is 26.7. The number of thioether (sulfide) groups is 1. The Kier molecular flexibility index (Phi) is 11.0. The zero-order chi connectivity index (χ0) is 34.0. The predicted octanol–water partition coefficient (Wildman–Crippen LogP) is 7.90. The van der Waals surface area contributed by atoms with Gasteiger partial charge in [0, 0.05) is 33.5 Å². The smallest absolute Gasteiger partial charge is 0.272 e. The van der Waals surface area contributed by atoms with Crippen molar-refractivity contribution < 1.29 is 24.2 Å². The number of phenols is 1. The molecular weight excluding hydrogens is 623 g/mol. The van der Waals surface area contributed by atoms with E-state index < -0.39 is 17.1 Å². The molecule has 0 aromatic heterocycles. The van der Waals surface area contributed by atoms with Crippen LogP contribution >= 0.6 is 11.8 Å². The van der Waals surface area contributed by atoms with E-state index in [0.29, 0.717) is 22.6 Å². The molecule has 0 aliphatic carbocycles. The van der Waals surface area contributed by atoms with Crippen LogP contribution in [0.5, 0.6) is 11.5 Å². The van der Waals surface area contributed by atoms with E-state index in [1.54, 1.807) is 54.6 Å². The van der Waals surface area contributed by atoms with Gasteiger partial charge in [-0.2, -0.15) is 0 Å². The minimum Gasteiger partial charge on any atom is -0.508 e. The molecule has 9 heteroatoms. The quantitative estimate of drug-likeness (QED) is 0.0848. The van der Waals surface area contributed by atoms with Crippen molar-refractivity contribution in [1.29, 1.82) is 0 Å². The SMILES string of the molecule is COc1cc(O)ccc1/C=C(/NC(=O)c1ccccc1)C(=O)Nc1cccc(SC(C(=O)Nc2ccc(C)cc2C)c2ccccc2)c1. The third kappa shape index (κ3) is 8.71. The topological polar surface area (TPSA) is 117 Å². The number of aromatic hydroxyl groups is 1. The third-order valence-corrected chi connectivity index (χ3v) is 8.62. The van der Waals surface area contributed by atoms with Gasteiger partial charge in [-0.05, 0) is 79.6 Å². The van der Waals surface area contributed by atoms with Crippen molar-refractivity contribution in [3.8, 4) is 11.5 Å². The number of carbonyl (C=O) groups is 3. The van der Waals surface area contributed by atoms with E-state index in [0.717, 1.165) is 27.3 Å². The highest BCUT2D eigenvalue weighted by Gasteiger charge is 2.23. The normalized spacial score (nSPS) is 11.7. The number of methoxy groups -OCH3 is 1. The van der Waals surface area contributed by atoms with Crippen LogP contribution in [0.3, 0.4) is 0 Å². The molecule has 1 atom stereocenters. The molecule has 0 fully saturated rings. The molecule has 1 unspecified atom stereocenters. The molecule has 8 nitrogen and oxygen atoms in total. The minimum absolute atomic E-state index is 0.00544. The molecule has 48 heavy (non-hydrogen) atoms. The number of hydrogen-bond acceptors (Lipinski definition) is 6. The van der Waals surface area contributed by atoms with Crippen molar-refractivity contribution >= 4 is 46.9 Å². The molecular formula is C39H35N3O5S. The standard InChI is InChI=1S/C39H35N3O5S/c1-25-17-20-33(26(2)21-25)41-39(46)36(27-11-6-4-7-12-27)48-32-16-10-15-30(23-32)40-38(45)34(42-37(44)28-13-8-5-9-14-28)22-29-18-19-31(43)24-35(29)47-3/h4-24,36,43H,1-3H3,(H,40,45)(H,41,46)(H,42,44)/b34-22+. The van der Waals surface area contributed by atoms with Crippen molar-refractivity contribution in [2.45, 2.75) is 24.0 Å². The van der Waals surface area contributed by atoms with Gasteiger partial charge in [-0.3, -0.25) is 14.4 Å². The molecule has 0 saturated heterocycles. The summed E-state index contributed by atoms with van der Waals surface area (Å²) in [6.07, 6.45) is 1.48. The second kappa shape index (κ2) is 15.7. The highest BCUT2D eigenvalue weighted by molar-refractivity contribution is 8.00. The van der Waals surface area contributed by atoms with Crippen LogP contribution in [0, 0.1) is 13.8 Å². The van der Waals surface area contributed by atoms with Gasteiger partial charge in [0.2, 0.25) is 5.91 Å². The molecule has 5 aromatic carbocycles. The second-order valence-corrected chi connectivity index (χ2v) is 12.2. The van der Waals surface area contributed by atoms with Gasteiger partial charge in [0.05, 0.1) is 7.11 Å². The molecule has 5 aromatic rings. The lowest BCUT2D eigenvalue weighted by atomic mass is 10.1. The van der Waals surface area contributed by atoms with Crippen molar-refractivity contribution in [2.24, 2.45) is 0 Å². The molecule has 242 valence electrons. The Bertz CT molecular complexity index is 1960. The molecule has 0 heterocycles. The number of phenolic OH excluding ortho intramolecular Hbond substituents is 1. The van der Waals surface area contributed by atoms with Crippen LogP contribution in [0.15, 0.2) is 132 Å². The van der Waals surface area contributed by atoms with Gasteiger partial charge >= 0.3 is 0 Å². The van der Waals surface area contributed by atoms with Crippen molar-refractivity contribution in [1.82, 2.24) is 5.32 Å². The number of amides is 3. The molecule has 0 bridgehead atoms. The first kappa shape index (κ1) is 33.6. The van der Waals surface area contributed by atoms with E-state index >= 15 is 0 Å². The Balaban J connectivity index is 1.40. The molecule has 0 saturated carbocycles. The van der Waals surface area contributed by atoms with Crippen LogP contribution in [0.2, 0.25) is 0 Å². The lowest BCUT2D eigenvalue weighted by Gasteiger charge is -2.19. The van der Waals surface area contributed by atoms with Crippen LogP contribution in [0.1, 0.15) is 37.9 Å². The summed E-state index contributed by atoms with van der Waals surface area (Å²) in [4.78, 5) is 41.3. The van der Waals surface area contributed by atoms with Crippen molar-refractivity contribution in [3.63, 3.8) is 0 Å². The van der Waals surface area contributed by atoms with Crippen LogP contribution in [0.4, 0.5) is 11.4 Å². The summed E-state index contributed by atoms with van der Waals surface area (Å²) >= 11 is 1.36. The number of aryl methyl sites for hydroxylation is 2. The number of ether oxygens (including phenoxy) is 1. The Hall–Kier alpha value is -5.80. The fourth-order valence-corrected chi connectivity index (χ4v) is 6.04. The lowest BCUT2D eigenvalue weighted by molar-refractivity contribution is -0.116. The Labute approximate surface area is 283 Å². The summed E-state index contributed by atoms with van der Waals surface area (Å²) in [7, 11) is 1.45. The Morgan fingerprint density at radius 2 is 1.52 bits per heavy atom. The number of rotatable bonds is 11. The van der Waals surface area contributed by atoms with Gasteiger partial charge < -0.3 is 25.8 Å². The number of carbonyl (C=O) groups excluding carboxylic acids is 3. The highest BCUT2D eigenvalue weighted by Crippen LogP contribution is 2.37. The summed E-state index contributed by atoms with van der Waals surface area (Å²) in [5.74, 6) is -0.916. The third-order valence-electron chi connectivity index (χ3n) is 7.37. The van der Waals surface area contributed by atoms with Gasteiger partial charge in [0.15, 0.2) is 0 Å². The van der Waals surface area contributed by atoms with Crippen molar-refractivity contribution in [2.75, 3.05) is 17.7 Å². The molecule has 4 N–H and O–H groups in total. The molecule has 5 rings (SSSR count). The van der Waals surface area contributed by atoms with E-state index in [1.807, 2.05) is 68.4 Å². The van der Waals surface area contributed by atoms with Gasteiger partial charge in [0.25, 0.3) is 11.8 Å². The van der Waals surface area contributed by atoms with Crippen molar-refractivity contribution in [3.05, 3.63) is 155 Å². The summed E-state index contributed by atoms with van der Waals surface area (Å²) in [6, 6.07) is 35.6.